The molecular formula is C11H15NO2S. The van der Waals surface area contributed by atoms with Crippen molar-refractivity contribution < 1.29 is 9.90 Å². The first-order valence-corrected chi connectivity index (χ1v) is 5.80. The van der Waals surface area contributed by atoms with E-state index < -0.39 is 12.0 Å². The molecule has 3 nitrogen and oxygen atoms in total. The maximum Gasteiger partial charge on any atom is 0.321 e. The molecule has 0 fully saturated rings. The third-order valence-corrected chi connectivity index (χ3v) is 3.47. The van der Waals surface area contributed by atoms with E-state index in [-0.39, 0.29) is 5.25 Å². The Labute approximate surface area is 93.7 Å². The van der Waals surface area contributed by atoms with Crippen molar-refractivity contribution >= 4 is 17.7 Å². The molecule has 0 saturated carbocycles. The summed E-state index contributed by atoms with van der Waals surface area (Å²) in [5.74, 6) is -0.147. The molecule has 2 atom stereocenters. The Morgan fingerprint density at radius 3 is 2.60 bits per heavy atom. The van der Waals surface area contributed by atoms with Crippen LogP contribution in [0.15, 0.2) is 30.3 Å². The average molecular weight is 225 g/mol. The topological polar surface area (TPSA) is 63.3 Å². The van der Waals surface area contributed by atoms with E-state index in [0.29, 0.717) is 0 Å². The molecule has 0 bridgehead atoms. The highest BCUT2D eigenvalue weighted by atomic mass is 32.2. The van der Waals surface area contributed by atoms with Gasteiger partial charge in [-0.3, -0.25) is 4.79 Å². The van der Waals surface area contributed by atoms with Crippen molar-refractivity contribution in [3.63, 3.8) is 0 Å². The number of nitrogens with two attached hydrogens (primary N) is 1. The second-order valence-electron chi connectivity index (χ2n) is 3.37. The van der Waals surface area contributed by atoms with Gasteiger partial charge in [0.05, 0.1) is 0 Å². The normalized spacial score (nSPS) is 14.5. The number of carboxylic acid groups (broad SMARTS) is 1. The number of carboxylic acids is 1. The van der Waals surface area contributed by atoms with Gasteiger partial charge in [0, 0.05) is 11.0 Å². The van der Waals surface area contributed by atoms with Crippen LogP contribution < -0.4 is 5.73 Å². The van der Waals surface area contributed by atoms with Gasteiger partial charge >= 0.3 is 5.97 Å². The number of rotatable bonds is 5. The van der Waals surface area contributed by atoms with Gasteiger partial charge in [0.25, 0.3) is 0 Å². The number of benzene rings is 1. The summed E-state index contributed by atoms with van der Waals surface area (Å²) in [7, 11) is 0. The first-order chi connectivity index (χ1) is 7.11. The second-order valence-corrected chi connectivity index (χ2v) is 4.73. The van der Waals surface area contributed by atoms with Crippen molar-refractivity contribution in [2.24, 2.45) is 5.73 Å². The predicted molar refractivity (Wildman–Crippen MR) is 62.8 cm³/mol. The lowest BCUT2D eigenvalue weighted by molar-refractivity contribution is -0.138. The third kappa shape index (κ3) is 3.93. The van der Waals surface area contributed by atoms with Crippen LogP contribution in [0.4, 0.5) is 0 Å². The minimum Gasteiger partial charge on any atom is -0.480 e. The van der Waals surface area contributed by atoms with E-state index in [9.17, 15) is 4.79 Å². The summed E-state index contributed by atoms with van der Waals surface area (Å²) in [6.07, 6.45) is 0. The van der Waals surface area contributed by atoms with Crippen LogP contribution in [0.25, 0.3) is 0 Å². The zero-order valence-electron chi connectivity index (χ0n) is 8.59. The molecule has 82 valence electrons. The minimum absolute atomic E-state index is 0.0808. The van der Waals surface area contributed by atoms with Gasteiger partial charge in [0.2, 0.25) is 0 Å². The summed E-state index contributed by atoms with van der Waals surface area (Å²) in [4.78, 5) is 10.6. The van der Waals surface area contributed by atoms with Gasteiger partial charge in [0.15, 0.2) is 0 Å². The standard InChI is InChI=1S/C11H15NO2S/c1-8(10(12)11(13)14)15-7-9-5-3-2-4-6-9/h2-6,8,10H,7,12H2,1H3,(H,13,14)/t8?,10-/m0/s1. The molecular weight excluding hydrogens is 210 g/mol. The fourth-order valence-corrected chi connectivity index (χ4v) is 2.08. The van der Waals surface area contributed by atoms with Gasteiger partial charge in [0.1, 0.15) is 6.04 Å². The molecule has 15 heavy (non-hydrogen) atoms. The Morgan fingerprint density at radius 2 is 2.07 bits per heavy atom. The molecule has 1 unspecified atom stereocenters. The monoisotopic (exact) mass is 225 g/mol. The van der Waals surface area contributed by atoms with Gasteiger partial charge < -0.3 is 10.8 Å². The molecule has 0 saturated heterocycles. The Kier molecular flexibility index (Phi) is 4.65. The molecule has 1 rings (SSSR count). The summed E-state index contributed by atoms with van der Waals surface area (Å²) < 4.78 is 0. The summed E-state index contributed by atoms with van der Waals surface area (Å²) in [5, 5.41) is 8.63. The first kappa shape index (κ1) is 12.1. The zero-order valence-corrected chi connectivity index (χ0v) is 9.41. The van der Waals surface area contributed by atoms with Crippen LogP contribution in [0.3, 0.4) is 0 Å². The van der Waals surface area contributed by atoms with E-state index in [1.165, 1.54) is 5.56 Å². The molecule has 0 aromatic heterocycles. The van der Waals surface area contributed by atoms with Crippen LogP contribution in [0.2, 0.25) is 0 Å². The Morgan fingerprint density at radius 1 is 1.47 bits per heavy atom. The highest BCUT2D eigenvalue weighted by molar-refractivity contribution is 7.99. The molecule has 0 heterocycles. The van der Waals surface area contributed by atoms with Crippen LogP contribution in [-0.4, -0.2) is 22.4 Å². The van der Waals surface area contributed by atoms with Gasteiger partial charge in [-0.15, -0.1) is 0 Å². The van der Waals surface area contributed by atoms with E-state index in [0.717, 1.165) is 5.75 Å². The Balaban J connectivity index is 2.41. The molecule has 0 spiro atoms. The van der Waals surface area contributed by atoms with Crippen molar-refractivity contribution in [2.75, 3.05) is 0 Å². The highest BCUT2D eigenvalue weighted by Gasteiger charge is 2.19. The van der Waals surface area contributed by atoms with Gasteiger partial charge in [-0.25, -0.2) is 0 Å². The molecule has 0 radical (unpaired) electrons. The van der Waals surface area contributed by atoms with E-state index in [1.807, 2.05) is 37.3 Å². The van der Waals surface area contributed by atoms with E-state index in [1.54, 1.807) is 11.8 Å². The number of aliphatic carboxylic acids is 1. The van der Waals surface area contributed by atoms with Crippen molar-refractivity contribution in [1.82, 2.24) is 0 Å². The second kappa shape index (κ2) is 5.78. The van der Waals surface area contributed by atoms with Gasteiger partial charge in [-0.2, -0.15) is 11.8 Å². The maximum absolute atomic E-state index is 10.6. The maximum atomic E-state index is 10.6. The van der Waals surface area contributed by atoms with E-state index in [4.69, 9.17) is 10.8 Å². The number of hydrogen-bond donors (Lipinski definition) is 2. The van der Waals surface area contributed by atoms with Gasteiger partial charge in [-0.05, 0) is 5.56 Å². The van der Waals surface area contributed by atoms with Crippen LogP contribution in [0, 0.1) is 0 Å². The molecule has 1 aromatic carbocycles. The highest BCUT2D eigenvalue weighted by Crippen LogP contribution is 2.19. The van der Waals surface area contributed by atoms with E-state index >= 15 is 0 Å². The van der Waals surface area contributed by atoms with Crippen LogP contribution in [0.5, 0.6) is 0 Å². The average Bonchev–Trinajstić information content (AvgIpc) is 2.26. The molecule has 0 aliphatic heterocycles. The molecule has 0 amide bonds. The summed E-state index contributed by atoms with van der Waals surface area (Å²) in [6.45, 7) is 1.84. The lowest BCUT2D eigenvalue weighted by atomic mass is 10.2. The molecule has 3 N–H and O–H groups in total. The Hall–Kier alpha value is -1.00. The zero-order chi connectivity index (χ0) is 11.3. The number of thioether (sulfide) groups is 1. The van der Waals surface area contributed by atoms with E-state index in [2.05, 4.69) is 0 Å². The van der Waals surface area contributed by atoms with Crippen molar-refractivity contribution in [2.45, 2.75) is 24.0 Å². The molecule has 0 aliphatic carbocycles. The number of hydrogen-bond acceptors (Lipinski definition) is 3. The summed E-state index contributed by atoms with van der Waals surface area (Å²) in [5.41, 5.74) is 6.69. The SMILES string of the molecule is CC(SCc1ccccc1)[C@H](N)C(=O)O. The molecule has 0 aliphatic rings. The quantitative estimate of drug-likeness (QED) is 0.801. The van der Waals surface area contributed by atoms with Crippen molar-refractivity contribution in [1.29, 1.82) is 0 Å². The van der Waals surface area contributed by atoms with Crippen LogP contribution >= 0.6 is 11.8 Å². The summed E-state index contributed by atoms with van der Waals surface area (Å²) >= 11 is 1.56. The van der Waals surface area contributed by atoms with Crippen molar-refractivity contribution in [3.8, 4) is 0 Å². The fourth-order valence-electron chi connectivity index (χ4n) is 1.11. The smallest absolute Gasteiger partial charge is 0.321 e. The van der Waals surface area contributed by atoms with Crippen LogP contribution in [-0.2, 0) is 10.5 Å². The van der Waals surface area contributed by atoms with Crippen LogP contribution in [0.1, 0.15) is 12.5 Å². The predicted octanol–water partition coefficient (Wildman–Crippen LogP) is 1.72. The lowest BCUT2D eigenvalue weighted by Gasteiger charge is -2.15. The Bertz CT molecular complexity index is 316. The number of carbonyl (C=O) groups is 1. The third-order valence-electron chi connectivity index (χ3n) is 2.15. The largest absolute Gasteiger partial charge is 0.480 e. The minimum atomic E-state index is -0.942. The molecule has 4 heteroatoms. The molecule has 1 aromatic rings. The fraction of sp³-hybridized carbons (Fsp3) is 0.364. The lowest BCUT2D eigenvalue weighted by Crippen LogP contribution is -2.38. The van der Waals surface area contributed by atoms with Gasteiger partial charge in [-0.1, -0.05) is 37.3 Å². The summed E-state index contributed by atoms with van der Waals surface area (Å²) in [6, 6.07) is 9.15. The first-order valence-electron chi connectivity index (χ1n) is 4.75. The van der Waals surface area contributed by atoms with Crippen molar-refractivity contribution in [3.05, 3.63) is 35.9 Å².